The number of halogens is 4. The summed E-state index contributed by atoms with van der Waals surface area (Å²) in [6.07, 6.45) is -3.76. The van der Waals surface area contributed by atoms with Gasteiger partial charge in [0.1, 0.15) is 5.78 Å². The zero-order valence-corrected chi connectivity index (χ0v) is 16.5. The molecule has 0 radical (unpaired) electrons. The normalized spacial score (nSPS) is 11.3. The Labute approximate surface area is 175 Å². The minimum Gasteiger partial charge on any atom is -0.321 e. The third-order valence-electron chi connectivity index (χ3n) is 4.53. The topological polar surface area (TPSA) is 59.1 Å². The average molecular weight is 430 g/mol. The molecule has 160 valence electrons. The van der Waals surface area contributed by atoms with E-state index in [9.17, 15) is 27.2 Å². The van der Waals surface area contributed by atoms with Crippen molar-refractivity contribution in [2.45, 2.75) is 25.9 Å². The molecule has 0 atom stereocenters. The summed E-state index contributed by atoms with van der Waals surface area (Å²) in [7, 11) is 0. The molecule has 1 N–H and O–H groups in total. The summed E-state index contributed by atoms with van der Waals surface area (Å²) in [6, 6.07) is 12.9. The van der Waals surface area contributed by atoms with Crippen LogP contribution in [0, 0.1) is 12.9 Å². The molecular weight excluding hydrogens is 412 g/mol. The molecule has 1 heterocycles. The van der Waals surface area contributed by atoms with Crippen molar-refractivity contribution in [1.82, 2.24) is 4.98 Å². The van der Waals surface area contributed by atoms with Crippen molar-refractivity contribution >= 4 is 17.4 Å². The van der Waals surface area contributed by atoms with E-state index in [0.717, 1.165) is 35.5 Å². The Hall–Kier alpha value is -3.55. The highest BCUT2D eigenvalue weighted by Crippen LogP contribution is 2.36. The van der Waals surface area contributed by atoms with Crippen LogP contribution in [0.15, 0.2) is 60.8 Å². The third kappa shape index (κ3) is 5.75. The molecule has 0 aliphatic rings. The summed E-state index contributed by atoms with van der Waals surface area (Å²) in [5.74, 6) is -2.39. The lowest BCUT2D eigenvalue weighted by molar-refractivity contribution is -0.137. The summed E-state index contributed by atoms with van der Waals surface area (Å²) >= 11 is 0. The SMILES string of the molecule is Cc1cccc(CC(=O)Cc2ccc(NC(=O)c3cccnc3F)c(C(F)(F)F)c2)c1. The van der Waals surface area contributed by atoms with Crippen LogP contribution in [0.4, 0.5) is 23.2 Å². The fraction of sp³-hybridized carbons (Fsp3) is 0.174. The van der Waals surface area contributed by atoms with E-state index in [-0.39, 0.29) is 24.2 Å². The fourth-order valence-corrected chi connectivity index (χ4v) is 3.13. The van der Waals surface area contributed by atoms with E-state index in [0.29, 0.717) is 0 Å². The third-order valence-corrected chi connectivity index (χ3v) is 4.53. The van der Waals surface area contributed by atoms with Gasteiger partial charge in [-0.1, -0.05) is 35.9 Å². The number of ketones is 1. The van der Waals surface area contributed by atoms with Crippen LogP contribution < -0.4 is 5.32 Å². The van der Waals surface area contributed by atoms with Gasteiger partial charge < -0.3 is 5.32 Å². The molecule has 2 aromatic carbocycles. The van der Waals surface area contributed by atoms with Crippen LogP contribution in [-0.2, 0) is 23.8 Å². The molecule has 0 spiro atoms. The van der Waals surface area contributed by atoms with Gasteiger partial charge in [-0.15, -0.1) is 0 Å². The highest BCUT2D eigenvalue weighted by atomic mass is 19.4. The molecule has 0 aliphatic heterocycles. The number of carbonyl (C=O) groups is 2. The molecule has 0 fully saturated rings. The monoisotopic (exact) mass is 430 g/mol. The number of rotatable bonds is 6. The Morgan fingerprint density at radius 2 is 1.68 bits per heavy atom. The number of aromatic nitrogens is 1. The first-order chi connectivity index (χ1) is 14.6. The van der Waals surface area contributed by atoms with E-state index in [4.69, 9.17) is 0 Å². The van der Waals surface area contributed by atoms with Crippen molar-refractivity contribution in [2.75, 3.05) is 5.32 Å². The van der Waals surface area contributed by atoms with Crippen LogP contribution in [0.2, 0.25) is 0 Å². The van der Waals surface area contributed by atoms with Crippen molar-refractivity contribution in [1.29, 1.82) is 0 Å². The molecule has 3 aromatic rings. The lowest BCUT2D eigenvalue weighted by Gasteiger charge is -2.15. The molecule has 0 saturated heterocycles. The maximum Gasteiger partial charge on any atom is 0.418 e. The fourth-order valence-electron chi connectivity index (χ4n) is 3.13. The largest absolute Gasteiger partial charge is 0.418 e. The van der Waals surface area contributed by atoms with E-state index >= 15 is 0 Å². The number of hydrogen-bond acceptors (Lipinski definition) is 3. The molecular formula is C23H18F4N2O2. The number of aryl methyl sites for hydroxylation is 1. The van der Waals surface area contributed by atoms with Crippen molar-refractivity contribution < 1.29 is 27.2 Å². The van der Waals surface area contributed by atoms with Crippen LogP contribution in [0.1, 0.15) is 32.6 Å². The van der Waals surface area contributed by atoms with Crippen molar-refractivity contribution in [3.8, 4) is 0 Å². The first-order valence-electron chi connectivity index (χ1n) is 9.32. The van der Waals surface area contributed by atoms with Gasteiger partial charge in [-0.2, -0.15) is 17.6 Å². The summed E-state index contributed by atoms with van der Waals surface area (Å²) < 4.78 is 54.4. The number of Topliss-reactive ketones (excluding diaryl/α,β-unsaturated/α-hetero) is 1. The van der Waals surface area contributed by atoms with Crippen LogP contribution >= 0.6 is 0 Å². The van der Waals surface area contributed by atoms with Crippen LogP contribution in [-0.4, -0.2) is 16.7 Å². The Morgan fingerprint density at radius 1 is 0.968 bits per heavy atom. The number of amides is 1. The minimum absolute atomic E-state index is 0.0990. The maximum atomic E-state index is 13.7. The van der Waals surface area contributed by atoms with Gasteiger partial charge in [-0.05, 0) is 42.3 Å². The molecule has 0 aliphatic carbocycles. The smallest absolute Gasteiger partial charge is 0.321 e. The predicted octanol–water partition coefficient (Wildman–Crippen LogP) is 5.15. The van der Waals surface area contributed by atoms with Gasteiger partial charge in [0, 0.05) is 19.0 Å². The Kier molecular flexibility index (Phi) is 6.48. The van der Waals surface area contributed by atoms with Crippen LogP contribution in [0.3, 0.4) is 0 Å². The second-order valence-electron chi connectivity index (χ2n) is 7.05. The maximum absolute atomic E-state index is 13.7. The van der Waals surface area contributed by atoms with Gasteiger partial charge in [0.25, 0.3) is 5.91 Å². The van der Waals surface area contributed by atoms with Crippen molar-refractivity contribution in [2.24, 2.45) is 0 Å². The number of benzene rings is 2. The number of nitrogens with one attached hydrogen (secondary N) is 1. The van der Waals surface area contributed by atoms with E-state index in [2.05, 4.69) is 10.3 Å². The van der Waals surface area contributed by atoms with Gasteiger partial charge in [-0.3, -0.25) is 9.59 Å². The van der Waals surface area contributed by atoms with Gasteiger partial charge >= 0.3 is 6.18 Å². The Balaban J connectivity index is 1.81. The average Bonchev–Trinajstić information content (AvgIpc) is 2.68. The lowest BCUT2D eigenvalue weighted by atomic mass is 9.99. The van der Waals surface area contributed by atoms with Crippen molar-refractivity contribution in [3.63, 3.8) is 0 Å². The second kappa shape index (κ2) is 9.07. The summed E-state index contributed by atoms with van der Waals surface area (Å²) in [5, 5.41) is 2.08. The second-order valence-corrected chi connectivity index (χ2v) is 7.05. The molecule has 3 rings (SSSR count). The van der Waals surface area contributed by atoms with E-state index < -0.39 is 34.8 Å². The number of alkyl halides is 3. The molecule has 31 heavy (non-hydrogen) atoms. The lowest BCUT2D eigenvalue weighted by Crippen LogP contribution is -2.18. The molecule has 1 aromatic heterocycles. The first kappa shape index (κ1) is 22.1. The number of anilines is 1. The molecule has 1 amide bonds. The van der Waals surface area contributed by atoms with Crippen LogP contribution in [0.5, 0.6) is 0 Å². The first-order valence-corrected chi connectivity index (χ1v) is 9.32. The molecule has 4 nitrogen and oxygen atoms in total. The Morgan fingerprint density at radius 3 is 2.32 bits per heavy atom. The highest BCUT2D eigenvalue weighted by Gasteiger charge is 2.34. The minimum atomic E-state index is -4.79. The van der Waals surface area contributed by atoms with Crippen LogP contribution in [0.25, 0.3) is 0 Å². The van der Waals surface area contributed by atoms with Gasteiger partial charge in [0.2, 0.25) is 5.95 Å². The number of nitrogens with zero attached hydrogens (tertiary/aromatic N) is 1. The number of carbonyl (C=O) groups excluding carboxylic acids is 2. The molecule has 0 saturated carbocycles. The standard InChI is InChI=1S/C23H18F4N2O2/c1-14-4-2-5-15(10-14)11-17(30)12-16-7-8-20(19(13-16)23(25,26)27)29-22(31)18-6-3-9-28-21(18)24/h2-10,13H,11-12H2,1H3,(H,29,31). The van der Waals surface area contributed by atoms with Crippen molar-refractivity contribution in [3.05, 3.63) is 94.6 Å². The molecule has 0 unspecified atom stereocenters. The van der Waals surface area contributed by atoms with E-state index in [1.807, 2.05) is 25.1 Å². The zero-order chi connectivity index (χ0) is 22.6. The van der Waals surface area contributed by atoms with E-state index in [1.165, 1.54) is 12.1 Å². The van der Waals surface area contributed by atoms with Gasteiger partial charge in [0.05, 0.1) is 16.8 Å². The van der Waals surface area contributed by atoms with Gasteiger partial charge in [0.15, 0.2) is 0 Å². The summed E-state index contributed by atoms with van der Waals surface area (Å²) in [6.45, 7) is 1.88. The Bertz CT molecular complexity index is 1130. The highest BCUT2D eigenvalue weighted by molar-refractivity contribution is 6.04. The quantitative estimate of drug-likeness (QED) is 0.434. The molecule has 0 bridgehead atoms. The summed E-state index contributed by atoms with van der Waals surface area (Å²) in [4.78, 5) is 27.8. The molecule has 8 heteroatoms. The zero-order valence-electron chi connectivity index (χ0n) is 16.5. The number of pyridine rings is 1. The predicted molar refractivity (Wildman–Crippen MR) is 107 cm³/mol. The summed E-state index contributed by atoms with van der Waals surface area (Å²) in [5.41, 5.74) is -0.205. The van der Waals surface area contributed by atoms with Gasteiger partial charge in [-0.25, -0.2) is 4.98 Å². The number of hydrogen-bond donors (Lipinski definition) is 1. The van der Waals surface area contributed by atoms with E-state index in [1.54, 1.807) is 6.07 Å².